The summed E-state index contributed by atoms with van der Waals surface area (Å²) in [6.45, 7) is 3.12. The molecule has 3 amide bonds. The van der Waals surface area contributed by atoms with Crippen LogP contribution in [-0.2, 0) is 25.7 Å². The van der Waals surface area contributed by atoms with Gasteiger partial charge in [0.2, 0.25) is 17.7 Å². The highest BCUT2D eigenvalue weighted by atomic mass is 32.2. The number of carbonyl (C=O) groups excluding carboxylic acids is 4. The molecule has 2 aromatic carbocycles. The minimum absolute atomic E-state index is 0.130. The van der Waals surface area contributed by atoms with Gasteiger partial charge < -0.3 is 19.1 Å². The molecule has 0 spiro atoms. The SMILES string of the molecule is CCOC(=O)c1ccc(N2C(=O)C3Sc4c(sc(=O)n4CC(=O)N4CCCCC4)[C@@H](c4ccc(OC)c(OC)c4)C3C2=O)cc1. The van der Waals surface area contributed by atoms with Gasteiger partial charge in [-0.15, -0.1) is 0 Å². The maximum Gasteiger partial charge on any atom is 0.338 e. The van der Waals surface area contributed by atoms with Crippen LogP contribution in [0.15, 0.2) is 52.3 Å². The molecule has 0 saturated carbocycles. The number of thiazole rings is 1. The standard InChI is InChI=1S/C32H33N3O8S2/c1-4-43-31(39)18-8-11-20(12-9-18)35-28(37)25-24(19-10-13-21(41-2)22(16-19)42-3)27-30(44-26(25)29(35)38)34(32(40)45-27)17-23(36)33-14-6-5-7-15-33/h8-13,16,24-26H,4-7,14-15,17H2,1-3H3/t24-,25?,26?/m0/s1. The number of nitrogens with zero attached hydrogens (tertiary/aromatic N) is 3. The fourth-order valence-electron chi connectivity index (χ4n) is 6.25. The van der Waals surface area contributed by atoms with Crippen LogP contribution < -0.4 is 19.2 Å². The van der Waals surface area contributed by atoms with Crippen molar-refractivity contribution in [1.29, 1.82) is 0 Å². The number of thioether (sulfide) groups is 1. The second kappa shape index (κ2) is 12.7. The third-order valence-electron chi connectivity index (χ3n) is 8.45. The first-order valence-electron chi connectivity index (χ1n) is 14.8. The van der Waals surface area contributed by atoms with Crippen LogP contribution in [0.2, 0.25) is 0 Å². The van der Waals surface area contributed by atoms with Crippen LogP contribution in [0.1, 0.15) is 52.9 Å². The lowest BCUT2D eigenvalue weighted by Crippen LogP contribution is -2.39. The number of anilines is 1. The summed E-state index contributed by atoms with van der Waals surface area (Å²) in [6.07, 6.45) is 2.92. The van der Waals surface area contributed by atoms with Gasteiger partial charge in [-0.25, -0.2) is 9.69 Å². The fraction of sp³-hybridized carbons (Fsp3) is 0.406. The van der Waals surface area contributed by atoms with E-state index < -0.39 is 34.9 Å². The molecule has 0 radical (unpaired) electrons. The summed E-state index contributed by atoms with van der Waals surface area (Å²) in [6, 6.07) is 11.5. The molecule has 11 nitrogen and oxygen atoms in total. The predicted octanol–water partition coefficient (Wildman–Crippen LogP) is 3.91. The highest BCUT2D eigenvalue weighted by Gasteiger charge is 2.57. The number of rotatable bonds is 8. The van der Waals surface area contributed by atoms with Gasteiger partial charge in [-0.05, 0) is 68.1 Å². The van der Waals surface area contributed by atoms with Crippen LogP contribution in [0.4, 0.5) is 5.69 Å². The zero-order chi connectivity index (χ0) is 31.8. The average molecular weight is 652 g/mol. The summed E-state index contributed by atoms with van der Waals surface area (Å²) in [5.41, 5.74) is 1.32. The van der Waals surface area contributed by atoms with Gasteiger partial charge in [-0.2, -0.15) is 0 Å². The van der Waals surface area contributed by atoms with E-state index in [1.54, 1.807) is 36.1 Å². The van der Waals surface area contributed by atoms with Crippen molar-refractivity contribution < 1.29 is 33.4 Å². The summed E-state index contributed by atoms with van der Waals surface area (Å²) >= 11 is 2.17. The normalized spacial score (nSPS) is 20.9. The van der Waals surface area contributed by atoms with Crippen molar-refractivity contribution in [3.05, 3.63) is 68.1 Å². The van der Waals surface area contributed by atoms with Crippen LogP contribution >= 0.6 is 23.1 Å². The Labute approximate surface area is 268 Å². The molecule has 6 rings (SSSR count). The quantitative estimate of drug-likeness (QED) is 0.263. The van der Waals surface area contributed by atoms with Gasteiger partial charge in [0.25, 0.3) is 0 Å². The van der Waals surface area contributed by atoms with Gasteiger partial charge in [0.1, 0.15) is 11.8 Å². The number of methoxy groups -OCH3 is 2. The highest BCUT2D eigenvalue weighted by molar-refractivity contribution is 8.00. The first-order valence-corrected chi connectivity index (χ1v) is 16.5. The maximum absolute atomic E-state index is 14.2. The number of carbonyl (C=O) groups is 4. The monoisotopic (exact) mass is 651 g/mol. The number of aromatic nitrogens is 1. The number of fused-ring (bicyclic) bond motifs is 2. The molecule has 13 heteroatoms. The zero-order valence-electron chi connectivity index (χ0n) is 25.1. The molecule has 2 unspecified atom stereocenters. The van der Waals surface area contributed by atoms with Crippen molar-refractivity contribution in [3.63, 3.8) is 0 Å². The van der Waals surface area contributed by atoms with E-state index in [1.807, 2.05) is 6.07 Å². The first-order chi connectivity index (χ1) is 21.8. The van der Waals surface area contributed by atoms with E-state index in [4.69, 9.17) is 14.2 Å². The Kier molecular flexibility index (Phi) is 8.74. The maximum atomic E-state index is 14.2. The molecule has 3 aliphatic heterocycles. The Hall–Kier alpha value is -4.10. The fourth-order valence-corrected chi connectivity index (χ4v) is 9.03. The molecular weight excluding hydrogens is 618 g/mol. The van der Waals surface area contributed by atoms with Crippen LogP contribution in [0.25, 0.3) is 0 Å². The van der Waals surface area contributed by atoms with E-state index in [1.165, 1.54) is 42.7 Å². The zero-order valence-corrected chi connectivity index (χ0v) is 26.8. The summed E-state index contributed by atoms with van der Waals surface area (Å²) in [7, 11) is 3.04. The molecular formula is C32H33N3O8S2. The van der Waals surface area contributed by atoms with Crippen molar-refractivity contribution >= 4 is 52.5 Å². The van der Waals surface area contributed by atoms with Crippen LogP contribution in [0.5, 0.6) is 11.5 Å². The average Bonchev–Trinajstić information content (AvgIpc) is 3.51. The molecule has 1 aromatic heterocycles. The molecule has 3 aromatic rings. The summed E-state index contributed by atoms with van der Waals surface area (Å²) in [5.74, 6) is -2.02. The molecule has 2 fully saturated rings. The molecule has 3 aliphatic rings. The minimum Gasteiger partial charge on any atom is -0.493 e. The van der Waals surface area contributed by atoms with Gasteiger partial charge >= 0.3 is 10.8 Å². The van der Waals surface area contributed by atoms with Gasteiger partial charge in [0, 0.05) is 23.9 Å². The van der Waals surface area contributed by atoms with Gasteiger partial charge in [0.05, 0.1) is 43.0 Å². The number of likely N-dealkylation sites (tertiary alicyclic amines) is 1. The van der Waals surface area contributed by atoms with Gasteiger partial charge in [-0.3, -0.25) is 23.7 Å². The van der Waals surface area contributed by atoms with E-state index in [2.05, 4.69) is 0 Å². The number of benzene rings is 2. The van der Waals surface area contributed by atoms with Crippen LogP contribution in [0, 0.1) is 5.92 Å². The molecule has 0 N–H and O–H groups in total. The van der Waals surface area contributed by atoms with Crippen molar-refractivity contribution in [1.82, 2.24) is 9.47 Å². The number of piperidine rings is 1. The molecule has 236 valence electrons. The molecule has 2 saturated heterocycles. The Bertz CT molecular complexity index is 1710. The number of esters is 1. The lowest BCUT2D eigenvalue weighted by Gasteiger charge is -2.31. The number of imide groups is 1. The van der Waals surface area contributed by atoms with Crippen LogP contribution in [0.3, 0.4) is 0 Å². The summed E-state index contributed by atoms with van der Waals surface area (Å²) in [4.78, 5) is 70.5. The first kappa shape index (κ1) is 30.9. The molecule has 0 aliphatic carbocycles. The van der Waals surface area contributed by atoms with Crippen molar-refractivity contribution in [2.45, 2.75) is 48.9 Å². The highest BCUT2D eigenvalue weighted by Crippen LogP contribution is 2.54. The second-order valence-corrected chi connectivity index (χ2v) is 13.1. The Morgan fingerprint density at radius 2 is 1.62 bits per heavy atom. The predicted molar refractivity (Wildman–Crippen MR) is 168 cm³/mol. The van der Waals surface area contributed by atoms with E-state index in [9.17, 15) is 24.0 Å². The molecule has 4 heterocycles. The minimum atomic E-state index is -0.849. The van der Waals surface area contributed by atoms with E-state index in [0.29, 0.717) is 51.3 Å². The lowest BCUT2D eigenvalue weighted by molar-refractivity contribution is -0.133. The second-order valence-electron chi connectivity index (χ2n) is 11.0. The number of hydrogen-bond donors (Lipinski definition) is 0. The van der Waals surface area contributed by atoms with E-state index in [0.717, 1.165) is 35.5 Å². The molecule has 45 heavy (non-hydrogen) atoms. The van der Waals surface area contributed by atoms with Gasteiger partial charge in [-0.1, -0.05) is 29.2 Å². The van der Waals surface area contributed by atoms with E-state index in [-0.39, 0.29) is 23.9 Å². The molecule has 0 bridgehead atoms. The third kappa shape index (κ3) is 5.52. The summed E-state index contributed by atoms with van der Waals surface area (Å²) < 4.78 is 17.5. The Morgan fingerprint density at radius 3 is 2.29 bits per heavy atom. The van der Waals surface area contributed by atoms with Crippen molar-refractivity contribution in [2.24, 2.45) is 5.92 Å². The number of hydrogen-bond acceptors (Lipinski definition) is 10. The Morgan fingerprint density at radius 1 is 0.911 bits per heavy atom. The molecule has 3 atom stereocenters. The van der Waals surface area contributed by atoms with Crippen molar-refractivity contribution in [2.75, 3.05) is 38.8 Å². The smallest absolute Gasteiger partial charge is 0.338 e. The largest absolute Gasteiger partial charge is 0.493 e. The topological polar surface area (TPSA) is 124 Å². The third-order valence-corrected chi connectivity index (χ3v) is 11.1. The van der Waals surface area contributed by atoms with E-state index >= 15 is 0 Å². The number of amides is 3. The van der Waals surface area contributed by atoms with Gasteiger partial charge in [0.15, 0.2) is 11.5 Å². The van der Waals surface area contributed by atoms with Crippen LogP contribution in [-0.4, -0.2) is 72.3 Å². The van der Waals surface area contributed by atoms with Crippen molar-refractivity contribution in [3.8, 4) is 11.5 Å². The number of ether oxygens (including phenoxy) is 3. The Balaban J connectivity index is 1.42. The summed E-state index contributed by atoms with van der Waals surface area (Å²) in [5, 5.41) is -0.324. The lowest BCUT2D eigenvalue weighted by atomic mass is 9.83.